The van der Waals surface area contributed by atoms with Crippen molar-refractivity contribution in [1.82, 2.24) is 0 Å². The SMILES string of the molecule is C=C1/C=C(/C)[C@H](C)C[C@@H](O)CC(=O)[C@H](O)[C@@H](O)[C@H](C)C[C@H](CO)OC(=O)/C(C)=C\CC/C=C\[C@@H]2O[C@H]2C[C@H](C)C1. The first-order chi connectivity index (χ1) is 18.8. The van der Waals surface area contributed by atoms with E-state index >= 15 is 0 Å². The topological polar surface area (TPSA) is 137 Å². The van der Waals surface area contributed by atoms with Crippen LogP contribution in [-0.4, -0.2) is 75.4 Å². The van der Waals surface area contributed by atoms with Crippen LogP contribution in [0, 0.1) is 17.8 Å². The number of hydrogen-bond acceptors (Lipinski definition) is 8. The summed E-state index contributed by atoms with van der Waals surface area (Å²) >= 11 is 0. The normalized spacial score (nSPS) is 40.1. The van der Waals surface area contributed by atoms with Crippen molar-refractivity contribution in [3.63, 3.8) is 0 Å². The van der Waals surface area contributed by atoms with Crippen molar-refractivity contribution < 1.29 is 39.5 Å². The fourth-order valence-electron chi connectivity index (χ4n) is 5.17. The van der Waals surface area contributed by atoms with Crippen molar-refractivity contribution in [2.24, 2.45) is 17.8 Å². The summed E-state index contributed by atoms with van der Waals surface area (Å²) in [6, 6.07) is 0. The Kier molecular flexibility index (Phi) is 14.0. The van der Waals surface area contributed by atoms with E-state index in [4.69, 9.17) is 9.47 Å². The van der Waals surface area contributed by atoms with Gasteiger partial charge in [-0.25, -0.2) is 4.79 Å². The summed E-state index contributed by atoms with van der Waals surface area (Å²) in [5.41, 5.74) is 2.47. The van der Waals surface area contributed by atoms with Gasteiger partial charge >= 0.3 is 5.97 Å². The summed E-state index contributed by atoms with van der Waals surface area (Å²) in [5.74, 6) is -1.49. The van der Waals surface area contributed by atoms with E-state index in [0.717, 1.165) is 30.4 Å². The summed E-state index contributed by atoms with van der Waals surface area (Å²) in [6.07, 6.45) is 6.52. The maximum atomic E-state index is 12.6. The Balaban J connectivity index is 2.13. The van der Waals surface area contributed by atoms with Crippen LogP contribution in [0.3, 0.4) is 0 Å². The monoisotopic (exact) mass is 562 g/mol. The van der Waals surface area contributed by atoms with Crippen LogP contribution < -0.4 is 0 Å². The number of carbonyl (C=O) groups is 2. The molecule has 4 N–H and O–H groups in total. The molecule has 8 heteroatoms. The van der Waals surface area contributed by atoms with Crippen LogP contribution in [-0.2, 0) is 19.1 Å². The molecule has 0 saturated carbocycles. The molecule has 0 unspecified atom stereocenters. The Morgan fingerprint density at radius 2 is 1.70 bits per heavy atom. The maximum absolute atomic E-state index is 12.6. The maximum Gasteiger partial charge on any atom is 0.333 e. The molecule has 0 aromatic rings. The highest BCUT2D eigenvalue weighted by atomic mass is 16.6. The first-order valence-corrected chi connectivity index (χ1v) is 14.6. The molecule has 2 heterocycles. The molecule has 0 aliphatic carbocycles. The molecule has 8 nitrogen and oxygen atoms in total. The number of rotatable bonds is 1. The molecule has 226 valence electrons. The number of ketones is 1. The third-order valence-electron chi connectivity index (χ3n) is 7.92. The van der Waals surface area contributed by atoms with Crippen LogP contribution in [0.5, 0.6) is 0 Å². The molecule has 1 fully saturated rings. The number of cyclic esters (lactones) is 1. The van der Waals surface area contributed by atoms with Crippen LogP contribution in [0.2, 0.25) is 0 Å². The van der Waals surface area contributed by atoms with E-state index in [1.165, 1.54) is 0 Å². The standard InChI is InChI=1S/C32H50O8/c1-19-12-20(2)14-29-28(40-29)11-9-7-8-10-21(3)32(38)39-26(18-33)16-24(6)30(36)31(37)27(35)17-25(34)15-23(5)22(4)13-19/h9-11,13,20,23-26,28-31,33-34,36-37H,1,7-8,12,14-18H2,2-6H3/b11-9-,21-10-,22-13-/t20-,23-,24-,25-,26-,28+,29+,30+,31+/m1/s1. The van der Waals surface area contributed by atoms with Crippen molar-refractivity contribution in [3.8, 4) is 0 Å². The van der Waals surface area contributed by atoms with Gasteiger partial charge in [-0.1, -0.05) is 62.8 Å². The summed E-state index contributed by atoms with van der Waals surface area (Å²) in [4.78, 5) is 25.1. The van der Waals surface area contributed by atoms with Crippen LogP contribution in [0.1, 0.15) is 79.6 Å². The smallest absolute Gasteiger partial charge is 0.333 e. The molecule has 0 amide bonds. The largest absolute Gasteiger partial charge is 0.457 e. The average Bonchev–Trinajstić information content (AvgIpc) is 3.62. The second-order valence-electron chi connectivity index (χ2n) is 11.9. The first-order valence-electron chi connectivity index (χ1n) is 14.6. The first kappa shape index (κ1) is 34.1. The van der Waals surface area contributed by atoms with Crippen LogP contribution in [0.15, 0.2) is 47.6 Å². The lowest BCUT2D eigenvalue weighted by molar-refractivity contribution is -0.149. The van der Waals surface area contributed by atoms with E-state index in [0.29, 0.717) is 24.3 Å². The number of fused-ring (bicyclic) bond motifs is 1. The predicted octanol–water partition coefficient (Wildman–Crippen LogP) is 3.97. The zero-order chi connectivity index (χ0) is 30.0. The zero-order valence-electron chi connectivity index (χ0n) is 24.8. The fraction of sp³-hybridized carbons (Fsp3) is 0.688. The highest BCUT2D eigenvalue weighted by Crippen LogP contribution is 2.32. The van der Waals surface area contributed by atoms with Gasteiger partial charge in [0.1, 0.15) is 18.3 Å². The number of esters is 1. The number of ether oxygens (including phenoxy) is 2. The van der Waals surface area contributed by atoms with Gasteiger partial charge < -0.3 is 29.9 Å². The highest BCUT2D eigenvalue weighted by Gasteiger charge is 2.37. The number of hydrogen-bond donors (Lipinski definition) is 4. The van der Waals surface area contributed by atoms with Gasteiger partial charge in [0.25, 0.3) is 0 Å². The molecule has 40 heavy (non-hydrogen) atoms. The third-order valence-corrected chi connectivity index (χ3v) is 7.92. The molecule has 2 aliphatic rings. The van der Waals surface area contributed by atoms with Gasteiger partial charge in [0.15, 0.2) is 5.78 Å². The Bertz CT molecular complexity index is 951. The van der Waals surface area contributed by atoms with Crippen molar-refractivity contribution in [2.45, 2.75) is 116 Å². The molecule has 1 saturated heterocycles. The van der Waals surface area contributed by atoms with Gasteiger partial charge in [-0.15, -0.1) is 0 Å². The number of epoxide rings is 1. The third kappa shape index (κ3) is 11.4. The van der Waals surface area contributed by atoms with E-state index < -0.39 is 48.7 Å². The van der Waals surface area contributed by atoms with Crippen LogP contribution >= 0.6 is 0 Å². The molecule has 0 spiro atoms. The second kappa shape index (κ2) is 16.4. The molecular formula is C32H50O8. The Labute approximate surface area is 239 Å². The molecule has 2 rings (SSSR count). The second-order valence-corrected chi connectivity index (χ2v) is 11.9. The molecule has 2 aliphatic heterocycles. The van der Waals surface area contributed by atoms with Gasteiger partial charge in [-0.2, -0.15) is 0 Å². The summed E-state index contributed by atoms with van der Waals surface area (Å²) < 4.78 is 11.2. The van der Waals surface area contributed by atoms with E-state index in [9.17, 15) is 30.0 Å². The van der Waals surface area contributed by atoms with Gasteiger partial charge in [-0.3, -0.25) is 4.79 Å². The Morgan fingerprint density at radius 1 is 1.00 bits per heavy atom. The van der Waals surface area contributed by atoms with E-state index in [2.05, 4.69) is 25.7 Å². The minimum Gasteiger partial charge on any atom is -0.457 e. The lowest BCUT2D eigenvalue weighted by Gasteiger charge is -2.27. The lowest BCUT2D eigenvalue weighted by Crippen LogP contribution is -2.41. The van der Waals surface area contributed by atoms with Crippen molar-refractivity contribution in [2.75, 3.05) is 6.61 Å². The minimum absolute atomic E-state index is 0.00630. The molecule has 9 atom stereocenters. The van der Waals surface area contributed by atoms with Gasteiger partial charge in [0, 0.05) is 12.0 Å². The van der Waals surface area contributed by atoms with Gasteiger partial charge in [-0.05, 0) is 70.1 Å². The van der Waals surface area contributed by atoms with E-state index in [1.807, 2.05) is 19.9 Å². The van der Waals surface area contributed by atoms with Crippen molar-refractivity contribution >= 4 is 11.8 Å². The van der Waals surface area contributed by atoms with E-state index in [-0.39, 0.29) is 31.0 Å². The predicted molar refractivity (Wildman–Crippen MR) is 154 cm³/mol. The molecular weight excluding hydrogens is 512 g/mol. The number of carbonyl (C=O) groups excluding carboxylic acids is 2. The van der Waals surface area contributed by atoms with Gasteiger partial charge in [0.05, 0.1) is 24.9 Å². The summed E-state index contributed by atoms with van der Waals surface area (Å²) in [7, 11) is 0. The van der Waals surface area contributed by atoms with Crippen LogP contribution in [0.25, 0.3) is 0 Å². The zero-order valence-corrected chi connectivity index (χ0v) is 24.8. The van der Waals surface area contributed by atoms with E-state index in [1.54, 1.807) is 19.9 Å². The Morgan fingerprint density at radius 3 is 2.38 bits per heavy atom. The highest BCUT2D eigenvalue weighted by molar-refractivity contribution is 5.87. The van der Waals surface area contributed by atoms with Crippen molar-refractivity contribution in [3.05, 3.63) is 47.6 Å². The quantitative estimate of drug-likeness (QED) is 0.214. The lowest BCUT2D eigenvalue weighted by atomic mass is 9.88. The fourth-order valence-corrected chi connectivity index (χ4v) is 5.17. The average molecular weight is 563 g/mol. The molecule has 0 aromatic heterocycles. The summed E-state index contributed by atoms with van der Waals surface area (Å²) in [6.45, 7) is 13.1. The number of Topliss-reactive ketones (excluding diaryl/α,β-unsaturated/α-hetero) is 1. The molecule has 0 aromatic carbocycles. The summed E-state index contributed by atoms with van der Waals surface area (Å²) in [5, 5.41) is 41.3. The van der Waals surface area contributed by atoms with Gasteiger partial charge in [0.2, 0.25) is 0 Å². The van der Waals surface area contributed by atoms with Crippen molar-refractivity contribution in [1.29, 1.82) is 0 Å². The minimum atomic E-state index is -1.70. The molecule has 0 radical (unpaired) electrons. The number of aliphatic hydroxyl groups excluding tert-OH is 4. The number of aliphatic hydroxyl groups is 4. The Hall–Kier alpha value is -2.10. The van der Waals surface area contributed by atoms with Crippen LogP contribution in [0.4, 0.5) is 0 Å². The number of allylic oxidation sites excluding steroid dienone is 5. The molecule has 0 bridgehead atoms.